The van der Waals surface area contributed by atoms with Crippen LogP contribution in [0.2, 0.25) is 0 Å². The maximum absolute atomic E-state index is 9.95. The summed E-state index contributed by atoms with van der Waals surface area (Å²) in [6.45, 7) is 0. The fourth-order valence-corrected chi connectivity index (χ4v) is 0.641. The number of rotatable bonds is 2. The molecular formula is CH10Ca2Mg2O9S2. The van der Waals surface area contributed by atoms with Crippen molar-refractivity contribution in [3.05, 3.63) is 0 Å². The molecule has 0 amide bonds. The van der Waals surface area contributed by atoms with Crippen LogP contribution in [0.1, 0.15) is 0 Å². The van der Waals surface area contributed by atoms with Gasteiger partial charge in [-0.1, -0.05) is 0 Å². The first-order valence-corrected chi connectivity index (χ1v) is 4.71. The van der Waals surface area contributed by atoms with E-state index in [-0.39, 0.29) is 122 Å². The standard InChI is InChI=1S/CH2O9S2.2Ca.2Mg.8H/c2-1(9-11(3,4)5)10-12(6,7)8;;;;;;;;;;;;/h(H,3,4,5)(H,6,7,8);;;;;;;;;;;;. The number of hydrogen-bond acceptors (Lipinski definition) is 7. The fraction of sp³-hybridized carbons (Fsp3) is 0. The fourth-order valence-electron chi connectivity index (χ4n) is 0.186. The van der Waals surface area contributed by atoms with E-state index in [4.69, 9.17) is 9.11 Å². The summed E-state index contributed by atoms with van der Waals surface area (Å²) in [7, 11) is -10.3. The molecule has 0 aromatic heterocycles. The predicted molar refractivity (Wildman–Crippen MR) is 64.8 cm³/mol. The molecule has 2 N–H and O–H groups in total. The van der Waals surface area contributed by atoms with E-state index in [0.29, 0.717) is 0 Å². The number of carbonyl (C=O) groups excluding carboxylic acids is 1. The molecule has 16 heavy (non-hydrogen) atoms. The van der Waals surface area contributed by atoms with E-state index in [9.17, 15) is 21.6 Å². The van der Waals surface area contributed by atoms with E-state index in [1.54, 1.807) is 0 Å². The second-order valence-corrected chi connectivity index (χ2v) is 3.32. The zero-order valence-corrected chi connectivity index (χ0v) is 6.70. The Morgan fingerprint density at radius 3 is 1.12 bits per heavy atom. The van der Waals surface area contributed by atoms with Crippen LogP contribution in [0.5, 0.6) is 0 Å². The Morgan fingerprint density at radius 1 is 0.812 bits per heavy atom. The van der Waals surface area contributed by atoms with E-state index < -0.39 is 27.0 Å². The second-order valence-electron chi connectivity index (χ2n) is 1.27. The van der Waals surface area contributed by atoms with Gasteiger partial charge in [-0.05, 0) is 0 Å². The van der Waals surface area contributed by atoms with Crippen molar-refractivity contribution in [3.63, 3.8) is 0 Å². The van der Waals surface area contributed by atoms with Gasteiger partial charge in [0, 0.05) is 0 Å². The van der Waals surface area contributed by atoms with Crippen molar-refractivity contribution in [1.29, 1.82) is 0 Å². The number of carbonyl (C=O) groups is 1. The summed E-state index contributed by atoms with van der Waals surface area (Å²) >= 11 is 0. The van der Waals surface area contributed by atoms with Crippen molar-refractivity contribution in [2.45, 2.75) is 0 Å². The van der Waals surface area contributed by atoms with Crippen LogP contribution in [-0.2, 0) is 29.2 Å². The van der Waals surface area contributed by atoms with Gasteiger partial charge in [0.1, 0.15) is 0 Å². The molecule has 88 valence electrons. The maximum Gasteiger partial charge on any atom is 0.316 e. The van der Waals surface area contributed by atoms with E-state index >= 15 is 0 Å². The molecule has 0 aliphatic heterocycles. The zero-order valence-electron chi connectivity index (χ0n) is 5.07. The van der Waals surface area contributed by atoms with Gasteiger partial charge in [0.2, 0.25) is 0 Å². The first kappa shape index (κ1) is 31.5. The molecule has 0 saturated carbocycles. The van der Waals surface area contributed by atoms with Crippen LogP contribution < -0.4 is 0 Å². The van der Waals surface area contributed by atoms with Crippen molar-refractivity contribution in [2.24, 2.45) is 0 Å². The van der Waals surface area contributed by atoms with Gasteiger partial charge < -0.3 is 0 Å². The summed E-state index contributed by atoms with van der Waals surface area (Å²) in [6, 6.07) is 0. The van der Waals surface area contributed by atoms with Gasteiger partial charge in [0.25, 0.3) is 0 Å². The minimum atomic E-state index is -5.15. The van der Waals surface area contributed by atoms with Crippen LogP contribution >= 0.6 is 0 Å². The average molecular weight is 359 g/mol. The average Bonchev–Trinajstić information content (AvgIpc) is 1.49. The second kappa shape index (κ2) is 13.1. The summed E-state index contributed by atoms with van der Waals surface area (Å²) in [6.07, 6.45) is -2.29. The normalized spacial score (nSPS) is 9.12. The molecule has 0 saturated heterocycles. The van der Waals surface area contributed by atoms with Gasteiger partial charge in [-0.15, -0.1) is 0 Å². The topological polar surface area (TPSA) is 144 Å². The monoisotopic (exact) mass is 358 g/mol. The SMILES string of the molecule is O=C(OS(=O)(=O)O)OS(=O)(=O)O.[CaH2].[CaH2].[MgH2].[MgH2]. The Hall–Kier alpha value is 3.14. The van der Waals surface area contributed by atoms with Crippen LogP contribution in [0.15, 0.2) is 0 Å². The third-order valence-corrected chi connectivity index (χ3v) is 1.04. The van der Waals surface area contributed by atoms with E-state index in [1.165, 1.54) is 0 Å². The molecule has 0 heterocycles. The van der Waals surface area contributed by atoms with Crippen molar-refractivity contribution in [1.82, 2.24) is 0 Å². The summed E-state index contributed by atoms with van der Waals surface area (Å²) < 4.78 is 60.1. The molecule has 0 fully saturated rings. The molecule has 0 aliphatic carbocycles. The van der Waals surface area contributed by atoms with Gasteiger partial charge in [0.05, 0.1) is 0 Å². The first-order valence-electron chi connectivity index (χ1n) is 1.98. The minimum absolute atomic E-state index is 0. The Morgan fingerprint density at radius 2 is 1.00 bits per heavy atom. The van der Waals surface area contributed by atoms with Crippen LogP contribution in [0.3, 0.4) is 0 Å². The molecule has 9 nitrogen and oxygen atoms in total. The molecule has 0 aromatic carbocycles. The van der Waals surface area contributed by atoms with Crippen LogP contribution in [0.4, 0.5) is 4.79 Å². The molecule has 0 aliphatic rings. The molecule has 15 heteroatoms. The van der Waals surface area contributed by atoms with E-state index in [1.807, 2.05) is 0 Å². The molecule has 0 spiro atoms. The van der Waals surface area contributed by atoms with Crippen LogP contribution in [0, 0.1) is 0 Å². The Kier molecular flexibility index (Phi) is 25.9. The molecule has 0 bridgehead atoms. The van der Waals surface area contributed by atoms with Gasteiger partial charge >= 0.3 is 149 Å². The van der Waals surface area contributed by atoms with Gasteiger partial charge in [-0.25, -0.2) is 4.79 Å². The summed E-state index contributed by atoms with van der Waals surface area (Å²) in [5, 5.41) is 0. The number of hydrogen-bond donors (Lipinski definition) is 2. The van der Waals surface area contributed by atoms with E-state index in [0.717, 1.165) is 0 Å². The van der Waals surface area contributed by atoms with Gasteiger partial charge in [-0.2, -0.15) is 16.8 Å². The molecule has 0 unspecified atom stereocenters. The minimum Gasteiger partial charge on any atom is 0.316 e. The summed E-state index contributed by atoms with van der Waals surface area (Å²) in [5.74, 6) is 0. The zero-order chi connectivity index (χ0) is 9.99. The Balaban J connectivity index is -0.000000101. The summed E-state index contributed by atoms with van der Waals surface area (Å²) in [5.41, 5.74) is 0. The van der Waals surface area contributed by atoms with Gasteiger partial charge in [-0.3, -0.25) is 17.5 Å². The molecule has 0 radical (unpaired) electrons. The van der Waals surface area contributed by atoms with Crippen LogP contribution in [-0.4, -0.2) is 154 Å². The van der Waals surface area contributed by atoms with E-state index in [2.05, 4.69) is 8.37 Å². The Bertz CT molecular complexity index is 336. The smallest absolute Gasteiger partial charge is 0.316 e. The maximum atomic E-state index is 9.95. The van der Waals surface area contributed by atoms with Gasteiger partial charge in [0.15, 0.2) is 0 Å². The summed E-state index contributed by atoms with van der Waals surface area (Å²) in [4.78, 5) is 9.95. The van der Waals surface area contributed by atoms with Crippen molar-refractivity contribution < 1.29 is 39.1 Å². The molecule has 0 aromatic rings. The Labute approximate surface area is 184 Å². The molecule has 0 atom stereocenters. The van der Waals surface area contributed by atoms with Crippen LogP contribution in [0.25, 0.3) is 0 Å². The largest absolute Gasteiger partial charge is 0.316 e. The third kappa shape index (κ3) is 25.9. The van der Waals surface area contributed by atoms with Crippen molar-refractivity contribution >= 4 is 149 Å². The quantitative estimate of drug-likeness (QED) is 0.366. The van der Waals surface area contributed by atoms with Crippen molar-refractivity contribution in [3.8, 4) is 0 Å². The first-order chi connectivity index (χ1) is 5.10. The molecular weight excluding hydrogens is 349 g/mol. The predicted octanol–water partition coefficient (Wildman–Crippen LogP) is -4.92. The van der Waals surface area contributed by atoms with Crippen molar-refractivity contribution in [2.75, 3.05) is 0 Å². The third-order valence-electron chi connectivity index (χ3n) is 0.347. The molecule has 0 rings (SSSR count).